The van der Waals surface area contributed by atoms with Gasteiger partial charge in [0.15, 0.2) is 0 Å². The molecule has 0 spiro atoms. The van der Waals surface area contributed by atoms with Crippen LogP contribution in [0.1, 0.15) is 26.7 Å². The van der Waals surface area contributed by atoms with Gasteiger partial charge in [-0.15, -0.1) is 0 Å². The quantitative estimate of drug-likeness (QED) is 0.764. The lowest BCUT2D eigenvalue weighted by Gasteiger charge is -2.47. The van der Waals surface area contributed by atoms with Crippen LogP contribution in [-0.2, 0) is 9.53 Å². The van der Waals surface area contributed by atoms with E-state index in [0.717, 1.165) is 13.0 Å². The summed E-state index contributed by atoms with van der Waals surface area (Å²) in [7, 11) is 3.51. The molecule has 1 atom stereocenters. The lowest BCUT2D eigenvalue weighted by Crippen LogP contribution is -2.63. The molecule has 0 N–H and O–H groups in total. The van der Waals surface area contributed by atoms with Crippen LogP contribution in [0, 0.1) is 5.92 Å². The van der Waals surface area contributed by atoms with Crippen molar-refractivity contribution < 1.29 is 14.3 Å². The predicted molar refractivity (Wildman–Crippen MR) is 80.0 cm³/mol. The molecule has 1 unspecified atom stereocenters. The monoisotopic (exact) mass is 297 g/mol. The van der Waals surface area contributed by atoms with Crippen molar-refractivity contribution in [2.24, 2.45) is 5.92 Å². The molecule has 120 valence electrons. The number of carbonyl (C=O) groups excluding carboxylic acids is 2. The van der Waals surface area contributed by atoms with Gasteiger partial charge in [0.25, 0.3) is 0 Å². The average molecular weight is 297 g/mol. The van der Waals surface area contributed by atoms with Crippen LogP contribution in [0.5, 0.6) is 0 Å². The van der Waals surface area contributed by atoms with E-state index in [-0.39, 0.29) is 17.5 Å². The minimum atomic E-state index is -0.319. The third-order valence-corrected chi connectivity index (χ3v) is 4.34. The third kappa shape index (κ3) is 3.67. The number of amides is 3. The fourth-order valence-corrected chi connectivity index (χ4v) is 3.16. The van der Waals surface area contributed by atoms with Crippen molar-refractivity contribution in [2.45, 2.75) is 32.2 Å². The Labute approximate surface area is 127 Å². The highest BCUT2D eigenvalue weighted by Crippen LogP contribution is 2.25. The lowest BCUT2D eigenvalue weighted by atomic mass is 9.96. The molecule has 2 saturated heterocycles. The van der Waals surface area contributed by atoms with Crippen molar-refractivity contribution in [3.05, 3.63) is 0 Å². The van der Waals surface area contributed by atoms with Gasteiger partial charge in [0, 0.05) is 53.4 Å². The summed E-state index contributed by atoms with van der Waals surface area (Å²) in [4.78, 5) is 30.0. The third-order valence-electron chi connectivity index (χ3n) is 4.34. The molecule has 0 aromatic carbocycles. The molecular formula is C15H27N3O3. The summed E-state index contributed by atoms with van der Waals surface area (Å²) in [5.74, 6) is 0.544. The normalized spacial score (nSPS) is 25.0. The molecule has 0 saturated carbocycles. The van der Waals surface area contributed by atoms with E-state index in [2.05, 4.69) is 0 Å². The van der Waals surface area contributed by atoms with E-state index in [1.807, 2.05) is 23.6 Å². The Kier molecular flexibility index (Phi) is 4.76. The summed E-state index contributed by atoms with van der Waals surface area (Å²) < 4.78 is 5.34. The number of nitrogens with zero attached hydrogens (tertiary/aromatic N) is 3. The van der Waals surface area contributed by atoms with Crippen LogP contribution in [0.15, 0.2) is 0 Å². The number of ether oxygens (including phenoxy) is 1. The van der Waals surface area contributed by atoms with Gasteiger partial charge < -0.3 is 19.4 Å². The molecule has 2 aliphatic heterocycles. The zero-order chi connectivity index (χ0) is 15.6. The van der Waals surface area contributed by atoms with E-state index in [1.165, 1.54) is 0 Å². The molecule has 0 bridgehead atoms. The fourth-order valence-electron chi connectivity index (χ4n) is 3.16. The Balaban J connectivity index is 1.96. The molecule has 21 heavy (non-hydrogen) atoms. The molecule has 6 heteroatoms. The molecule has 2 fully saturated rings. The van der Waals surface area contributed by atoms with Gasteiger partial charge in [-0.3, -0.25) is 4.79 Å². The molecule has 0 aromatic heterocycles. The number of rotatable bonds is 2. The van der Waals surface area contributed by atoms with Crippen LogP contribution in [0.25, 0.3) is 0 Å². The first kappa shape index (κ1) is 16.1. The van der Waals surface area contributed by atoms with Gasteiger partial charge in [0.1, 0.15) is 0 Å². The first-order valence-electron chi connectivity index (χ1n) is 7.65. The summed E-state index contributed by atoms with van der Waals surface area (Å²) in [5, 5.41) is 0. The van der Waals surface area contributed by atoms with Crippen LogP contribution in [0.4, 0.5) is 4.79 Å². The highest BCUT2D eigenvalue weighted by molar-refractivity contribution is 5.78. The van der Waals surface area contributed by atoms with E-state index < -0.39 is 0 Å². The van der Waals surface area contributed by atoms with Crippen LogP contribution < -0.4 is 0 Å². The first-order chi connectivity index (χ1) is 9.81. The van der Waals surface area contributed by atoms with Crippen LogP contribution >= 0.6 is 0 Å². The van der Waals surface area contributed by atoms with Gasteiger partial charge in [0.05, 0.1) is 5.54 Å². The summed E-state index contributed by atoms with van der Waals surface area (Å²) in [6, 6.07) is 0.0133. The maximum Gasteiger partial charge on any atom is 0.319 e. The van der Waals surface area contributed by atoms with Crippen LogP contribution in [0.2, 0.25) is 0 Å². The Morgan fingerprint density at radius 3 is 2.52 bits per heavy atom. The SMILES string of the molecule is CN(C)C(=O)N1CCN(C(=O)CC2CCOC2)C(C)(C)C1. The summed E-state index contributed by atoms with van der Waals surface area (Å²) in [6.45, 7) is 7.33. The molecule has 0 aromatic rings. The highest BCUT2D eigenvalue weighted by Gasteiger charge is 2.39. The molecule has 0 radical (unpaired) electrons. The van der Waals surface area contributed by atoms with Crippen molar-refractivity contribution in [3.63, 3.8) is 0 Å². The Morgan fingerprint density at radius 1 is 1.29 bits per heavy atom. The van der Waals surface area contributed by atoms with Gasteiger partial charge in [0.2, 0.25) is 5.91 Å². The molecule has 0 aliphatic carbocycles. The van der Waals surface area contributed by atoms with Gasteiger partial charge in [-0.05, 0) is 26.2 Å². The van der Waals surface area contributed by atoms with Crippen molar-refractivity contribution in [3.8, 4) is 0 Å². The second kappa shape index (κ2) is 6.22. The second-order valence-corrected chi connectivity index (χ2v) is 6.89. The zero-order valence-electron chi connectivity index (χ0n) is 13.6. The minimum absolute atomic E-state index is 0.0133. The van der Waals surface area contributed by atoms with Crippen molar-refractivity contribution in [1.82, 2.24) is 14.7 Å². The number of piperazine rings is 1. The largest absolute Gasteiger partial charge is 0.381 e. The average Bonchev–Trinajstić information content (AvgIpc) is 2.89. The Bertz CT molecular complexity index is 403. The van der Waals surface area contributed by atoms with E-state index in [0.29, 0.717) is 38.6 Å². The number of hydrogen-bond acceptors (Lipinski definition) is 3. The summed E-state index contributed by atoms with van der Waals surface area (Å²) in [5.41, 5.74) is -0.319. The van der Waals surface area contributed by atoms with Gasteiger partial charge in [-0.25, -0.2) is 4.79 Å². The highest BCUT2D eigenvalue weighted by atomic mass is 16.5. The smallest absolute Gasteiger partial charge is 0.319 e. The maximum atomic E-state index is 12.5. The first-order valence-corrected chi connectivity index (χ1v) is 7.65. The number of urea groups is 1. The predicted octanol–water partition coefficient (Wildman–Crippen LogP) is 1.02. The maximum absolute atomic E-state index is 12.5. The van der Waals surface area contributed by atoms with Gasteiger partial charge >= 0.3 is 6.03 Å². The van der Waals surface area contributed by atoms with Crippen molar-refractivity contribution in [2.75, 3.05) is 46.9 Å². The topological polar surface area (TPSA) is 53.1 Å². The van der Waals surface area contributed by atoms with Gasteiger partial charge in [-0.1, -0.05) is 0 Å². The van der Waals surface area contributed by atoms with E-state index in [9.17, 15) is 9.59 Å². The number of hydrogen-bond donors (Lipinski definition) is 0. The van der Waals surface area contributed by atoms with Crippen LogP contribution in [0.3, 0.4) is 0 Å². The Morgan fingerprint density at radius 2 is 2.00 bits per heavy atom. The molecule has 6 nitrogen and oxygen atoms in total. The standard InChI is InChI=1S/C15H27N3O3/c1-15(2)11-17(14(20)16(3)4)6-7-18(15)13(19)9-12-5-8-21-10-12/h12H,5-11H2,1-4H3. The number of carbonyl (C=O) groups is 2. The van der Waals surface area contributed by atoms with Crippen molar-refractivity contribution >= 4 is 11.9 Å². The zero-order valence-corrected chi connectivity index (χ0v) is 13.6. The molecular weight excluding hydrogens is 270 g/mol. The lowest BCUT2D eigenvalue weighted by molar-refractivity contribution is -0.140. The molecule has 2 heterocycles. The second-order valence-electron chi connectivity index (χ2n) is 6.89. The van der Waals surface area contributed by atoms with E-state index >= 15 is 0 Å². The minimum Gasteiger partial charge on any atom is -0.381 e. The Hall–Kier alpha value is -1.30. The molecule has 2 rings (SSSR count). The fraction of sp³-hybridized carbons (Fsp3) is 0.867. The van der Waals surface area contributed by atoms with Crippen molar-refractivity contribution in [1.29, 1.82) is 0 Å². The summed E-state index contributed by atoms with van der Waals surface area (Å²) in [6.07, 6.45) is 1.54. The van der Waals surface area contributed by atoms with E-state index in [1.54, 1.807) is 19.0 Å². The van der Waals surface area contributed by atoms with Gasteiger partial charge in [-0.2, -0.15) is 0 Å². The van der Waals surface area contributed by atoms with E-state index in [4.69, 9.17) is 4.74 Å². The molecule has 3 amide bonds. The molecule has 2 aliphatic rings. The summed E-state index contributed by atoms with van der Waals surface area (Å²) >= 11 is 0. The van der Waals surface area contributed by atoms with Crippen LogP contribution in [-0.4, -0.2) is 79.1 Å².